The van der Waals surface area contributed by atoms with E-state index in [0.717, 1.165) is 11.1 Å². The first kappa shape index (κ1) is 16.0. The molecular weight excluding hydrogens is 254 g/mol. The Labute approximate surface area is 119 Å². The third-order valence-electron chi connectivity index (χ3n) is 2.88. The van der Waals surface area contributed by atoms with Gasteiger partial charge < -0.3 is 10.4 Å². The Kier molecular flexibility index (Phi) is 6.50. The zero-order valence-electron chi connectivity index (χ0n) is 11.9. The van der Waals surface area contributed by atoms with Crippen LogP contribution in [0.2, 0.25) is 0 Å². The van der Waals surface area contributed by atoms with Gasteiger partial charge in [0.1, 0.15) is 6.04 Å². The maximum atomic E-state index is 11.8. The second-order valence-corrected chi connectivity index (χ2v) is 4.96. The molecule has 1 amide bonds. The summed E-state index contributed by atoms with van der Waals surface area (Å²) in [6.45, 7) is 3.80. The number of allylic oxidation sites excluding steroid dienone is 1. The highest BCUT2D eigenvalue weighted by Crippen LogP contribution is 2.04. The average Bonchev–Trinajstić information content (AvgIpc) is 2.41. The first-order chi connectivity index (χ1) is 9.49. The summed E-state index contributed by atoms with van der Waals surface area (Å²) < 4.78 is 0. The third-order valence-corrected chi connectivity index (χ3v) is 2.88. The molecule has 0 bridgehead atoms. The number of aryl methyl sites for hydroxylation is 1. The van der Waals surface area contributed by atoms with Crippen LogP contribution in [-0.2, 0) is 16.0 Å². The van der Waals surface area contributed by atoms with Crippen LogP contribution < -0.4 is 5.32 Å². The van der Waals surface area contributed by atoms with Crippen molar-refractivity contribution in [3.8, 4) is 0 Å². The third kappa shape index (κ3) is 6.18. The Morgan fingerprint density at radius 3 is 2.45 bits per heavy atom. The van der Waals surface area contributed by atoms with Crippen molar-refractivity contribution in [2.45, 2.75) is 39.2 Å². The van der Waals surface area contributed by atoms with E-state index in [2.05, 4.69) is 5.32 Å². The summed E-state index contributed by atoms with van der Waals surface area (Å²) in [6.07, 6.45) is 3.04. The topological polar surface area (TPSA) is 66.4 Å². The van der Waals surface area contributed by atoms with Gasteiger partial charge in [0.15, 0.2) is 0 Å². The Bertz CT molecular complexity index is 476. The molecule has 0 saturated heterocycles. The highest BCUT2D eigenvalue weighted by molar-refractivity contribution is 5.83. The molecule has 2 N–H and O–H groups in total. The van der Waals surface area contributed by atoms with E-state index in [9.17, 15) is 9.59 Å². The zero-order valence-corrected chi connectivity index (χ0v) is 11.9. The number of amides is 1. The van der Waals surface area contributed by atoms with Crippen molar-refractivity contribution in [1.29, 1.82) is 0 Å². The van der Waals surface area contributed by atoms with Crippen LogP contribution >= 0.6 is 0 Å². The van der Waals surface area contributed by atoms with E-state index in [0.29, 0.717) is 19.3 Å². The number of aliphatic carboxylic acids is 1. The van der Waals surface area contributed by atoms with Gasteiger partial charge in [-0.15, -0.1) is 0 Å². The van der Waals surface area contributed by atoms with Crippen molar-refractivity contribution in [2.24, 2.45) is 0 Å². The van der Waals surface area contributed by atoms with Crippen molar-refractivity contribution in [1.82, 2.24) is 5.32 Å². The number of hydrogen-bond donors (Lipinski definition) is 2. The van der Waals surface area contributed by atoms with Crippen molar-refractivity contribution >= 4 is 11.9 Å². The minimum Gasteiger partial charge on any atom is -0.480 e. The minimum absolute atomic E-state index is 0.233. The quantitative estimate of drug-likeness (QED) is 0.751. The van der Waals surface area contributed by atoms with Gasteiger partial charge in [0.2, 0.25) is 5.91 Å². The predicted molar refractivity (Wildman–Crippen MR) is 78.4 cm³/mol. The molecule has 0 aliphatic heterocycles. The second kappa shape index (κ2) is 8.15. The molecule has 20 heavy (non-hydrogen) atoms. The van der Waals surface area contributed by atoms with Gasteiger partial charge in [-0.05, 0) is 32.3 Å². The summed E-state index contributed by atoms with van der Waals surface area (Å²) in [6, 6.07) is 8.80. The zero-order chi connectivity index (χ0) is 15.0. The SMILES string of the molecule is CC(C)=CC[C@H](NC(=O)CCc1ccccc1)C(=O)O. The molecule has 0 radical (unpaired) electrons. The molecule has 4 nitrogen and oxygen atoms in total. The van der Waals surface area contributed by atoms with E-state index in [1.807, 2.05) is 50.3 Å². The average molecular weight is 275 g/mol. The smallest absolute Gasteiger partial charge is 0.326 e. The molecule has 4 heteroatoms. The van der Waals surface area contributed by atoms with Crippen LogP contribution in [0, 0.1) is 0 Å². The van der Waals surface area contributed by atoms with Crippen molar-refractivity contribution < 1.29 is 14.7 Å². The van der Waals surface area contributed by atoms with Gasteiger partial charge in [-0.2, -0.15) is 0 Å². The van der Waals surface area contributed by atoms with Gasteiger partial charge in [0.25, 0.3) is 0 Å². The Hall–Kier alpha value is -2.10. The van der Waals surface area contributed by atoms with Crippen LogP contribution in [0.25, 0.3) is 0 Å². The molecule has 108 valence electrons. The van der Waals surface area contributed by atoms with E-state index in [4.69, 9.17) is 5.11 Å². The number of benzene rings is 1. The maximum absolute atomic E-state index is 11.8. The van der Waals surface area contributed by atoms with Crippen LogP contribution in [0.3, 0.4) is 0 Å². The normalized spacial score (nSPS) is 11.5. The number of carbonyl (C=O) groups is 2. The molecule has 0 fully saturated rings. The number of hydrogen-bond acceptors (Lipinski definition) is 2. The summed E-state index contributed by atoms with van der Waals surface area (Å²) in [5, 5.41) is 11.6. The number of carboxylic acid groups (broad SMARTS) is 1. The summed E-state index contributed by atoms with van der Waals surface area (Å²) in [4.78, 5) is 22.9. The van der Waals surface area contributed by atoms with Crippen molar-refractivity contribution in [3.63, 3.8) is 0 Å². The highest BCUT2D eigenvalue weighted by atomic mass is 16.4. The highest BCUT2D eigenvalue weighted by Gasteiger charge is 2.18. The molecule has 0 unspecified atom stereocenters. The van der Waals surface area contributed by atoms with E-state index in [1.165, 1.54) is 0 Å². The summed E-state index contributed by atoms with van der Waals surface area (Å²) in [7, 11) is 0. The second-order valence-electron chi connectivity index (χ2n) is 4.96. The van der Waals surface area contributed by atoms with Gasteiger partial charge in [-0.3, -0.25) is 4.79 Å². The number of rotatable bonds is 7. The molecule has 1 aromatic rings. The molecule has 0 aromatic heterocycles. The maximum Gasteiger partial charge on any atom is 0.326 e. The Balaban J connectivity index is 2.46. The van der Waals surface area contributed by atoms with Gasteiger partial charge >= 0.3 is 5.97 Å². The van der Waals surface area contributed by atoms with Crippen LogP contribution in [0.5, 0.6) is 0 Å². The molecule has 0 spiro atoms. The van der Waals surface area contributed by atoms with E-state index in [1.54, 1.807) is 0 Å². The molecule has 0 saturated carbocycles. The van der Waals surface area contributed by atoms with Gasteiger partial charge in [0.05, 0.1) is 0 Å². The van der Waals surface area contributed by atoms with Crippen molar-refractivity contribution in [2.75, 3.05) is 0 Å². The van der Waals surface area contributed by atoms with Crippen LogP contribution in [0.1, 0.15) is 32.3 Å². The van der Waals surface area contributed by atoms with E-state index < -0.39 is 12.0 Å². The first-order valence-electron chi connectivity index (χ1n) is 6.68. The molecule has 0 aliphatic carbocycles. The lowest BCUT2D eigenvalue weighted by Gasteiger charge is -2.13. The molecule has 0 aliphatic rings. The first-order valence-corrected chi connectivity index (χ1v) is 6.68. The van der Waals surface area contributed by atoms with E-state index >= 15 is 0 Å². The summed E-state index contributed by atoms with van der Waals surface area (Å²) in [5.41, 5.74) is 2.11. The predicted octanol–water partition coefficient (Wildman–Crippen LogP) is 2.54. The minimum atomic E-state index is -1.00. The summed E-state index contributed by atoms with van der Waals surface area (Å²) in [5.74, 6) is -1.24. The fourth-order valence-electron chi connectivity index (χ4n) is 1.74. The fourth-order valence-corrected chi connectivity index (χ4v) is 1.74. The van der Waals surface area contributed by atoms with Crippen LogP contribution in [-0.4, -0.2) is 23.0 Å². The monoisotopic (exact) mass is 275 g/mol. The largest absolute Gasteiger partial charge is 0.480 e. The van der Waals surface area contributed by atoms with E-state index in [-0.39, 0.29) is 5.91 Å². The standard InChI is InChI=1S/C16H21NO3/c1-12(2)8-10-14(16(19)20)17-15(18)11-9-13-6-4-3-5-7-13/h3-8,14H,9-11H2,1-2H3,(H,17,18)(H,19,20)/t14-/m0/s1. The van der Waals surface area contributed by atoms with Crippen LogP contribution in [0.15, 0.2) is 42.0 Å². The van der Waals surface area contributed by atoms with Gasteiger partial charge in [-0.1, -0.05) is 42.0 Å². The number of nitrogens with one attached hydrogen (secondary N) is 1. The molecular formula is C16H21NO3. The molecule has 0 heterocycles. The Morgan fingerprint density at radius 1 is 1.25 bits per heavy atom. The van der Waals surface area contributed by atoms with Crippen molar-refractivity contribution in [3.05, 3.63) is 47.5 Å². The lowest BCUT2D eigenvalue weighted by Crippen LogP contribution is -2.40. The van der Waals surface area contributed by atoms with Crippen LogP contribution in [0.4, 0.5) is 0 Å². The van der Waals surface area contributed by atoms with Gasteiger partial charge in [0, 0.05) is 6.42 Å². The fraction of sp³-hybridized carbons (Fsp3) is 0.375. The lowest BCUT2D eigenvalue weighted by atomic mass is 10.1. The lowest BCUT2D eigenvalue weighted by molar-refractivity contribution is -0.141. The van der Waals surface area contributed by atoms with Gasteiger partial charge in [-0.25, -0.2) is 4.79 Å². The summed E-state index contributed by atoms with van der Waals surface area (Å²) >= 11 is 0. The molecule has 1 rings (SSSR count). The number of carbonyl (C=O) groups excluding carboxylic acids is 1. The molecule has 1 atom stereocenters. The Morgan fingerprint density at radius 2 is 1.90 bits per heavy atom. The number of carboxylic acids is 1. The molecule has 1 aromatic carbocycles.